The molecule has 0 aliphatic rings. The number of alkyl halides is 3. The number of rotatable bonds is 4. The largest absolute Gasteiger partial charge is 0.419 e. The number of aldehydes is 1. The first-order valence-corrected chi connectivity index (χ1v) is 6.55. The number of hydrogen-bond acceptors (Lipinski definition) is 2. The molecule has 0 N–H and O–H groups in total. The van der Waals surface area contributed by atoms with Crippen LogP contribution in [0.15, 0.2) is 36.4 Å². The van der Waals surface area contributed by atoms with Crippen molar-refractivity contribution in [1.29, 1.82) is 0 Å². The van der Waals surface area contributed by atoms with Gasteiger partial charge >= 0.3 is 6.18 Å². The second-order valence-electron chi connectivity index (χ2n) is 4.96. The second kappa shape index (κ2) is 6.25. The van der Waals surface area contributed by atoms with Crippen LogP contribution in [0.4, 0.5) is 17.6 Å². The molecule has 6 heteroatoms. The average Bonchev–Trinajstić information content (AvgIpc) is 2.45. The molecule has 2 aromatic rings. The molecule has 0 amide bonds. The smallest absolute Gasteiger partial charge is 0.303 e. The van der Waals surface area contributed by atoms with Crippen molar-refractivity contribution in [3.05, 3.63) is 64.7 Å². The van der Waals surface area contributed by atoms with Crippen LogP contribution in [0.25, 0.3) is 0 Å². The van der Waals surface area contributed by atoms with Gasteiger partial charge < -0.3 is 4.79 Å². The maximum atomic E-state index is 13.3. The Labute approximate surface area is 124 Å². The topological polar surface area (TPSA) is 30.0 Å². The van der Waals surface area contributed by atoms with Gasteiger partial charge in [-0.15, -0.1) is 0 Å². The van der Waals surface area contributed by atoms with Crippen molar-refractivity contribution < 1.29 is 22.4 Å². The molecule has 0 aliphatic heterocycles. The number of pyridine rings is 1. The molecule has 22 heavy (non-hydrogen) atoms. The van der Waals surface area contributed by atoms with Crippen molar-refractivity contribution in [3.8, 4) is 0 Å². The zero-order chi connectivity index (χ0) is 16.3. The lowest BCUT2D eigenvalue weighted by Gasteiger charge is -2.13. The highest BCUT2D eigenvalue weighted by Gasteiger charge is 2.34. The highest BCUT2D eigenvalue weighted by molar-refractivity contribution is 5.61. The van der Waals surface area contributed by atoms with E-state index in [4.69, 9.17) is 0 Å². The first-order chi connectivity index (χ1) is 10.3. The summed E-state index contributed by atoms with van der Waals surface area (Å²) in [6.45, 7) is 1.75. The lowest BCUT2D eigenvalue weighted by atomic mass is 9.95. The minimum atomic E-state index is -4.77. The molecule has 0 saturated heterocycles. The molecular formula is C16H13F4NO. The molecule has 1 unspecified atom stereocenters. The summed E-state index contributed by atoms with van der Waals surface area (Å²) in [6.07, 6.45) is -4.10. The third kappa shape index (κ3) is 3.69. The van der Waals surface area contributed by atoms with Crippen molar-refractivity contribution >= 4 is 6.29 Å². The predicted octanol–water partition coefficient (Wildman–Crippen LogP) is 4.07. The van der Waals surface area contributed by atoms with Gasteiger partial charge in [-0.05, 0) is 43.2 Å². The Kier molecular flexibility index (Phi) is 4.59. The number of carbonyl (C=O) groups is 1. The second-order valence-corrected chi connectivity index (χ2v) is 4.96. The Hall–Kier alpha value is -2.24. The van der Waals surface area contributed by atoms with E-state index < -0.39 is 23.5 Å². The predicted molar refractivity (Wildman–Crippen MR) is 72.9 cm³/mol. The lowest BCUT2D eigenvalue weighted by Crippen LogP contribution is -2.11. The Morgan fingerprint density at radius 1 is 1.23 bits per heavy atom. The summed E-state index contributed by atoms with van der Waals surface area (Å²) in [6, 6.07) is 7.87. The van der Waals surface area contributed by atoms with Gasteiger partial charge in [-0.25, -0.2) is 4.39 Å². The van der Waals surface area contributed by atoms with Crippen LogP contribution in [0.1, 0.15) is 28.4 Å². The summed E-state index contributed by atoms with van der Waals surface area (Å²) >= 11 is 0. The number of hydrogen-bond donors (Lipinski definition) is 0. The fraction of sp³-hybridized carbons (Fsp3) is 0.250. The SMILES string of the molecule is Cc1cccc(C(C=O)Cc2ccc(F)c(C(F)(F)F)c2)n1. The molecule has 0 saturated carbocycles. The summed E-state index contributed by atoms with van der Waals surface area (Å²) in [5.74, 6) is -2.00. The summed E-state index contributed by atoms with van der Waals surface area (Å²) in [5, 5.41) is 0. The molecule has 116 valence electrons. The third-order valence-corrected chi connectivity index (χ3v) is 3.25. The molecular weight excluding hydrogens is 298 g/mol. The highest BCUT2D eigenvalue weighted by atomic mass is 19.4. The van der Waals surface area contributed by atoms with E-state index >= 15 is 0 Å². The van der Waals surface area contributed by atoms with Gasteiger partial charge in [-0.3, -0.25) is 4.98 Å². The molecule has 1 atom stereocenters. The molecule has 0 radical (unpaired) electrons. The van der Waals surface area contributed by atoms with Crippen molar-refractivity contribution in [3.63, 3.8) is 0 Å². The molecule has 1 aromatic heterocycles. The van der Waals surface area contributed by atoms with Gasteiger partial charge in [0.05, 0.1) is 17.2 Å². The Morgan fingerprint density at radius 2 is 1.95 bits per heavy atom. The van der Waals surface area contributed by atoms with Crippen molar-refractivity contribution in [2.24, 2.45) is 0 Å². The van der Waals surface area contributed by atoms with E-state index in [0.29, 0.717) is 17.7 Å². The quantitative estimate of drug-likeness (QED) is 0.629. The summed E-state index contributed by atoms with van der Waals surface area (Å²) in [5.41, 5.74) is 0.0910. The van der Waals surface area contributed by atoms with Crippen LogP contribution in [0, 0.1) is 12.7 Å². The zero-order valence-corrected chi connectivity index (χ0v) is 11.7. The van der Waals surface area contributed by atoms with Gasteiger partial charge in [0.15, 0.2) is 0 Å². The number of aromatic nitrogens is 1. The molecule has 2 rings (SSSR count). The number of halogens is 4. The molecule has 2 nitrogen and oxygen atoms in total. The maximum absolute atomic E-state index is 13.3. The summed E-state index contributed by atoms with van der Waals surface area (Å²) < 4.78 is 51.4. The maximum Gasteiger partial charge on any atom is 0.419 e. The standard InChI is InChI=1S/C16H13F4NO/c1-10-3-2-4-15(21-10)12(9-22)7-11-5-6-14(17)13(8-11)16(18,19)20/h2-6,8-9,12H,7H2,1H3. The van der Waals surface area contributed by atoms with E-state index in [2.05, 4.69) is 4.98 Å². The van der Waals surface area contributed by atoms with Crippen molar-refractivity contribution in [1.82, 2.24) is 4.98 Å². The van der Waals surface area contributed by atoms with E-state index in [-0.39, 0.29) is 12.0 Å². The Morgan fingerprint density at radius 3 is 2.55 bits per heavy atom. The van der Waals surface area contributed by atoms with Gasteiger partial charge in [0, 0.05) is 5.69 Å². The van der Waals surface area contributed by atoms with Crippen LogP contribution >= 0.6 is 0 Å². The van der Waals surface area contributed by atoms with Gasteiger partial charge in [-0.1, -0.05) is 12.1 Å². The number of nitrogens with zero attached hydrogens (tertiary/aromatic N) is 1. The van der Waals surface area contributed by atoms with E-state index in [1.807, 2.05) is 0 Å². The van der Waals surface area contributed by atoms with Gasteiger partial charge in [-0.2, -0.15) is 13.2 Å². The highest BCUT2D eigenvalue weighted by Crippen LogP contribution is 2.32. The third-order valence-electron chi connectivity index (χ3n) is 3.25. The first-order valence-electron chi connectivity index (χ1n) is 6.55. The molecule has 0 bridgehead atoms. The van der Waals surface area contributed by atoms with Crippen LogP contribution < -0.4 is 0 Å². The summed E-state index contributed by atoms with van der Waals surface area (Å²) in [4.78, 5) is 15.4. The van der Waals surface area contributed by atoms with Crippen molar-refractivity contribution in [2.45, 2.75) is 25.4 Å². The van der Waals surface area contributed by atoms with Gasteiger partial charge in [0.1, 0.15) is 12.1 Å². The molecule has 0 spiro atoms. The number of carbonyl (C=O) groups excluding carboxylic acids is 1. The van der Waals surface area contributed by atoms with Gasteiger partial charge in [0.2, 0.25) is 0 Å². The lowest BCUT2D eigenvalue weighted by molar-refractivity contribution is -0.140. The zero-order valence-electron chi connectivity index (χ0n) is 11.7. The van der Waals surface area contributed by atoms with E-state index in [1.54, 1.807) is 25.1 Å². The van der Waals surface area contributed by atoms with Crippen LogP contribution in [0.2, 0.25) is 0 Å². The van der Waals surface area contributed by atoms with E-state index in [9.17, 15) is 22.4 Å². The minimum Gasteiger partial charge on any atom is -0.303 e. The van der Waals surface area contributed by atoms with Crippen LogP contribution in [0.5, 0.6) is 0 Å². The first kappa shape index (κ1) is 16.1. The Balaban J connectivity index is 2.31. The molecule has 0 fully saturated rings. The number of aryl methyl sites for hydroxylation is 1. The normalized spacial score (nSPS) is 13.0. The van der Waals surface area contributed by atoms with Crippen LogP contribution in [-0.4, -0.2) is 11.3 Å². The average molecular weight is 311 g/mol. The van der Waals surface area contributed by atoms with Crippen LogP contribution in [0.3, 0.4) is 0 Å². The molecule has 1 aromatic carbocycles. The fourth-order valence-electron chi connectivity index (χ4n) is 2.16. The van der Waals surface area contributed by atoms with Crippen molar-refractivity contribution in [2.75, 3.05) is 0 Å². The monoisotopic (exact) mass is 311 g/mol. The summed E-state index contributed by atoms with van der Waals surface area (Å²) in [7, 11) is 0. The van der Waals surface area contributed by atoms with E-state index in [0.717, 1.165) is 12.1 Å². The van der Waals surface area contributed by atoms with Crippen LogP contribution in [-0.2, 0) is 17.4 Å². The molecule has 1 heterocycles. The number of benzene rings is 1. The van der Waals surface area contributed by atoms with E-state index in [1.165, 1.54) is 6.07 Å². The minimum absolute atomic E-state index is 0.0311. The van der Waals surface area contributed by atoms with Gasteiger partial charge in [0.25, 0.3) is 0 Å². The Bertz CT molecular complexity index is 682. The fourth-order valence-corrected chi connectivity index (χ4v) is 2.16. The molecule has 0 aliphatic carbocycles.